The number of phenolic OH excluding ortho intramolecular Hbond substituents is 1. The Kier molecular flexibility index (Phi) is 7.00. The molecule has 3 N–H and O–H groups in total. The Labute approximate surface area is 173 Å². The molecule has 0 saturated heterocycles. The Hall–Kier alpha value is -2.01. The van der Waals surface area contributed by atoms with E-state index < -0.39 is 0 Å². The van der Waals surface area contributed by atoms with Gasteiger partial charge in [0.1, 0.15) is 5.75 Å². The summed E-state index contributed by atoms with van der Waals surface area (Å²) in [7, 11) is 0. The zero-order valence-corrected chi connectivity index (χ0v) is 18.1. The molecule has 2 aromatic rings. The maximum atomic E-state index is 10.4. The van der Waals surface area contributed by atoms with Gasteiger partial charge >= 0.3 is 0 Å². The van der Waals surface area contributed by atoms with Crippen molar-refractivity contribution in [2.75, 3.05) is 11.9 Å². The van der Waals surface area contributed by atoms with Gasteiger partial charge in [-0.1, -0.05) is 52.2 Å². The third kappa shape index (κ3) is 5.99. The van der Waals surface area contributed by atoms with E-state index in [4.69, 9.17) is 4.99 Å². The molecular weight excluding hydrogens is 366 g/mol. The molecule has 0 unspecified atom stereocenters. The molecule has 0 amide bonds. The van der Waals surface area contributed by atoms with Crippen LogP contribution in [0.3, 0.4) is 0 Å². The Bertz CT molecular complexity index is 772. The standard InChI is InChI=1S/C23H33N3OS/c1-23(2,3)18-11-12-21(27)20(14-18)26-22(25-16-19-10-7-13-28-19)24-15-17-8-5-4-6-9-17/h7,10-14,17,27H,4-6,8-9,15-16H2,1-3H3,(H2,24,25,26). The van der Waals surface area contributed by atoms with E-state index in [1.165, 1.54) is 42.5 Å². The van der Waals surface area contributed by atoms with E-state index in [1.54, 1.807) is 17.4 Å². The Morgan fingerprint density at radius 2 is 1.96 bits per heavy atom. The fourth-order valence-electron chi connectivity index (χ4n) is 3.56. The second kappa shape index (κ2) is 9.46. The van der Waals surface area contributed by atoms with Crippen LogP contribution in [-0.2, 0) is 12.0 Å². The van der Waals surface area contributed by atoms with Crippen molar-refractivity contribution in [1.29, 1.82) is 0 Å². The van der Waals surface area contributed by atoms with Crippen molar-refractivity contribution in [1.82, 2.24) is 5.32 Å². The number of thiophene rings is 1. The van der Waals surface area contributed by atoms with Crippen LogP contribution in [0.4, 0.5) is 5.69 Å². The number of nitrogens with zero attached hydrogens (tertiary/aromatic N) is 1. The predicted octanol–water partition coefficient (Wildman–Crippen LogP) is 5.89. The summed E-state index contributed by atoms with van der Waals surface area (Å²) in [5.74, 6) is 1.69. The van der Waals surface area contributed by atoms with Gasteiger partial charge < -0.3 is 15.7 Å². The number of hydrogen-bond acceptors (Lipinski definition) is 3. The molecule has 28 heavy (non-hydrogen) atoms. The Morgan fingerprint density at radius 1 is 1.18 bits per heavy atom. The second-order valence-electron chi connectivity index (χ2n) is 8.74. The van der Waals surface area contributed by atoms with Gasteiger partial charge in [-0.3, -0.25) is 0 Å². The topological polar surface area (TPSA) is 56.6 Å². The van der Waals surface area contributed by atoms with Crippen LogP contribution in [0, 0.1) is 5.92 Å². The van der Waals surface area contributed by atoms with Crippen molar-refractivity contribution < 1.29 is 5.11 Å². The van der Waals surface area contributed by atoms with E-state index in [0.29, 0.717) is 18.2 Å². The summed E-state index contributed by atoms with van der Waals surface area (Å²) in [5.41, 5.74) is 1.90. The summed E-state index contributed by atoms with van der Waals surface area (Å²) >= 11 is 1.71. The van der Waals surface area contributed by atoms with Gasteiger partial charge in [0.15, 0.2) is 5.96 Å². The molecule has 0 spiro atoms. The van der Waals surface area contributed by atoms with Gasteiger partial charge in [0.2, 0.25) is 0 Å². The fourth-order valence-corrected chi connectivity index (χ4v) is 4.19. The number of anilines is 1. The summed E-state index contributed by atoms with van der Waals surface area (Å²) in [4.78, 5) is 6.00. The number of aromatic hydroxyl groups is 1. The first-order valence-corrected chi connectivity index (χ1v) is 11.2. The molecule has 4 nitrogen and oxygen atoms in total. The maximum Gasteiger partial charge on any atom is 0.196 e. The minimum atomic E-state index is 0.0218. The van der Waals surface area contributed by atoms with E-state index in [-0.39, 0.29) is 11.2 Å². The van der Waals surface area contributed by atoms with Crippen molar-refractivity contribution >= 4 is 23.0 Å². The highest BCUT2D eigenvalue weighted by molar-refractivity contribution is 7.09. The number of aliphatic imine (C=N–C) groups is 1. The lowest BCUT2D eigenvalue weighted by molar-refractivity contribution is 0.356. The Morgan fingerprint density at radius 3 is 2.64 bits per heavy atom. The number of guanidine groups is 1. The van der Waals surface area contributed by atoms with Crippen LogP contribution in [-0.4, -0.2) is 17.6 Å². The molecule has 1 aromatic carbocycles. The predicted molar refractivity (Wildman–Crippen MR) is 120 cm³/mol. The first-order valence-electron chi connectivity index (χ1n) is 10.3. The normalized spacial score (nSPS) is 16.2. The van der Waals surface area contributed by atoms with E-state index in [9.17, 15) is 5.11 Å². The van der Waals surface area contributed by atoms with Crippen molar-refractivity contribution in [2.45, 2.75) is 64.8 Å². The zero-order chi connectivity index (χ0) is 20.0. The molecule has 0 radical (unpaired) electrons. The maximum absolute atomic E-state index is 10.4. The minimum absolute atomic E-state index is 0.0218. The molecule has 1 aromatic heterocycles. The van der Waals surface area contributed by atoms with Crippen molar-refractivity contribution in [3.8, 4) is 5.75 Å². The molecule has 0 atom stereocenters. The third-order valence-electron chi connectivity index (χ3n) is 5.37. The van der Waals surface area contributed by atoms with Gasteiger partial charge in [0, 0.05) is 11.4 Å². The highest BCUT2D eigenvalue weighted by Gasteiger charge is 2.17. The lowest BCUT2D eigenvalue weighted by atomic mass is 9.87. The average Bonchev–Trinajstić information content (AvgIpc) is 3.19. The second-order valence-corrected chi connectivity index (χ2v) is 9.77. The molecule has 0 bridgehead atoms. The number of phenols is 1. The van der Waals surface area contributed by atoms with Gasteiger partial charge in [-0.15, -0.1) is 11.3 Å². The minimum Gasteiger partial charge on any atom is -0.506 e. The number of nitrogens with one attached hydrogen (secondary N) is 2. The highest BCUT2D eigenvalue weighted by atomic mass is 32.1. The molecule has 1 aliphatic rings. The van der Waals surface area contributed by atoms with Gasteiger partial charge in [-0.25, -0.2) is 4.99 Å². The van der Waals surface area contributed by atoms with Crippen molar-refractivity contribution in [3.63, 3.8) is 0 Å². The van der Waals surface area contributed by atoms with Crippen LogP contribution < -0.4 is 10.6 Å². The summed E-state index contributed by atoms with van der Waals surface area (Å²) < 4.78 is 0. The van der Waals surface area contributed by atoms with Gasteiger partial charge in [-0.05, 0) is 53.3 Å². The lowest BCUT2D eigenvalue weighted by Crippen LogP contribution is -2.35. The van der Waals surface area contributed by atoms with Crippen LogP contribution in [0.15, 0.2) is 40.7 Å². The summed E-state index contributed by atoms with van der Waals surface area (Å²) in [6.45, 7) is 8.09. The lowest BCUT2D eigenvalue weighted by Gasteiger charge is -2.24. The molecule has 1 saturated carbocycles. The molecule has 152 valence electrons. The van der Waals surface area contributed by atoms with Crippen LogP contribution in [0.25, 0.3) is 0 Å². The average molecular weight is 400 g/mol. The highest BCUT2D eigenvalue weighted by Crippen LogP contribution is 2.31. The van der Waals surface area contributed by atoms with E-state index in [2.05, 4.69) is 48.9 Å². The Balaban J connectivity index is 1.75. The monoisotopic (exact) mass is 399 g/mol. The fraction of sp³-hybridized carbons (Fsp3) is 0.522. The van der Waals surface area contributed by atoms with Gasteiger partial charge in [0.05, 0.1) is 12.2 Å². The first kappa shape index (κ1) is 20.7. The first-order chi connectivity index (χ1) is 13.4. The van der Waals surface area contributed by atoms with Crippen LogP contribution >= 0.6 is 11.3 Å². The van der Waals surface area contributed by atoms with E-state index in [1.807, 2.05) is 12.1 Å². The number of hydrogen-bond donors (Lipinski definition) is 3. The molecule has 0 aliphatic heterocycles. The molecule has 3 rings (SSSR count). The molecule has 1 fully saturated rings. The van der Waals surface area contributed by atoms with Crippen molar-refractivity contribution in [3.05, 3.63) is 46.2 Å². The van der Waals surface area contributed by atoms with Gasteiger partial charge in [0.25, 0.3) is 0 Å². The number of rotatable bonds is 5. The zero-order valence-electron chi connectivity index (χ0n) is 17.3. The quantitative estimate of drug-likeness (QED) is 0.334. The largest absolute Gasteiger partial charge is 0.506 e. The summed E-state index contributed by atoms with van der Waals surface area (Å²) in [6.07, 6.45) is 6.60. The smallest absolute Gasteiger partial charge is 0.196 e. The number of benzene rings is 1. The third-order valence-corrected chi connectivity index (χ3v) is 6.23. The van der Waals surface area contributed by atoms with E-state index >= 15 is 0 Å². The molecule has 1 aliphatic carbocycles. The van der Waals surface area contributed by atoms with Crippen LogP contribution in [0.2, 0.25) is 0 Å². The summed E-state index contributed by atoms with van der Waals surface area (Å²) in [6, 6.07) is 9.93. The SMILES string of the molecule is CC(C)(C)c1ccc(O)c(NC(=NCc2cccs2)NCC2CCCCC2)c1. The van der Waals surface area contributed by atoms with E-state index in [0.717, 1.165) is 12.5 Å². The van der Waals surface area contributed by atoms with Crippen molar-refractivity contribution in [2.24, 2.45) is 10.9 Å². The van der Waals surface area contributed by atoms with Crippen LogP contribution in [0.5, 0.6) is 5.75 Å². The molecular formula is C23H33N3OS. The summed E-state index contributed by atoms with van der Waals surface area (Å²) in [5, 5.41) is 19.3. The molecule has 5 heteroatoms. The van der Waals surface area contributed by atoms with Crippen LogP contribution in [0.1, 0.15) is 63.3 Å². The van der Waals surface area contributed by atoms with Gasteiger partial charge in [-0.2, -0.15) is 0 Å². The molecule has 1 heterocycles.